The van der Waals surface area contributed by atoms with Gasteiger partial charge in [-0.15, -0.1) is 0 Å². The van der Waals surface area contributed by atoms with E-state index in [-0.39, 0.29) is 5.41 Å². The van der Waals surface area contributed by atoms with E-state index in [9.17, 15) is 0 Å². The summed E-state index contributed by atoms with van der Waals surface area (Å²) in [7, 11) is 0. The van der Waals surface area contributed by atoms with E-state index in [1.807, 2.05) is 0 Å². The molecule has 3 aliphatic rings. The van der Waals surface area contributed by atoms with Crippen LogP contribution >= 0.6 is 0 Å². The van der Waals surface area contributed by atoms with Gasteiger partial charge in [0, 0.05) is 44.7 Å². The topological polar surface area (TPSA) is 15.7 Å². The van der Waals surface area contributed by atoms with Crippen LogP contribution in [0.4, 0.5) is 34.1 Å². The highest BCUT2D eigenvalue weighted by molar-refractivity contribution is 6.10. The molecule has 0 saturated carbocycles. The summed E-state index contributed by atoms with van der Waals surface area (Å²) >= 11 is 0. The lowest BCUT2D eigenvalue weighted by molar-refractivity contribution is 0.488. The summed E-state index contributed by atoms with van der Waals surface area (Å²) in [5, 5.41) is 2.22. The lowest BCUT2D eigenvalue weighted by atomic mass is 9.68. The number of para-hydroxylation sites is 2. The fourth-order valence-corrected chi connectivity index (χ4v) is 12.4. The molecule has 11 aromatic rings. The Morgan fingerprint density at radius 2 is 0.887 bits per heavy atom. The number of benzene rings is 11. The molecular formula is C68H48N2O. The second-order valence-corrected chi connectivity index (χ2v) is 19.6. The Bertz CT molecular complexity index is 3800. The minimum absolute atomic E-state index is 0.208. The molecule has 0 radical (unpaired) electrons. The quantitative estimate of drug-likeness (QED) is 0.151. The largest absolute Gasteiger partial charge is 0.454 e. The monoisotopic (exact) mass is 908 g/mol. The summed E-state index contributed by atoms with van der Waals surface area (Å²) in [5.74, 6) is 1.66. The molecule has 0 atom stereocenters. The average molecular weight is 909 g/mol. The molecule has 0 unspecified atom stereocenters. The van der Waals surface area contributed by atoms with Crippen LogP contribution in [0.15, 0.2) is 255 Å². The van der Waals surface area contributed by atoms with Crippen LogP contribution in [0.1, 0.15) is 47.2 Å². The third kappa shape index (κ3) is 6.03. The second kappa shape index (κ2) is 15.8. The van der Waals surface area contributed by atoms with Gasteiger partial charge in [-0.05, 0) is 128 Å². The van der Waals surface area contributed by atoms with Gasteiger partial charge in [-0.1, -0.05) is 202 Å². The number of hydrogen-bond donors (Lipinski definition) is 0. The molecule has 3 nitrogen and oxygen atoms in total. The van der Waals surface area contributed by atoms with Crippen molar-refractivity contribution < 1.29 is 4.74 Å². The maximum atomic E-state index is 7.44. The maximum Gasteiger partial charge on any atom is 0.159 e. The Labute approximate surface area is 415 Å². The van der Waals surface area contributed by atoms with Crippen molar-refractivity contribution in [2.75, 3.05) is 9.80 Å². The van der Waals surface area contributed by atoms with Crippen molar-refractivity contribution in [1.29, 1.82) is 0 Å². The number of anilines is 6. The van der Waals surface area contributed by atoms with Crippen LogP contribution < -0.4 is 14.5 Å². The van der Waals surface area contributed by atoms with Gasteiger partial charge in [-0.25, -0.2) is 0 Å². The first-order valence-electron chi connectivity index (χ1n) is 24.7. The van der Waals surface area contributed by atoms with Gasteiger partial charge in [0.1, 0.15) is 5.75 Å². The third-order valence-corrected chi connectivity index (χ3v) is 15.5. The highest BCUT2D eigenvalue weighted by Gasteiger charge is 2.48. The summed E-state index contributed by atoms with van der Waals surface area (Å²) in [6.07, 6.45) is 0. The first-order valence-corrected chi connectivity index (χ1v) is 24.7. The molecule has 11 aromatic carbocycles. The maximum absolute atomic E-state index is 7.44. The molecule has 0 bridgehead atoms. The van der Waals surface area contributed by atoms with E-state index < -0.39 is 5.41 Å². The number of fused-ring (bicyclic) bond motifs is 8. The van der Waals surface area contributed by atoms with Gasteiger partial charge in [0.05, 0.1) is 16.8 Å². The number of ether oxygens (including phenoxy) is 1. The first-order chi connectivity index (χ1) is 35.0. The standard InChI is InChI=1S/C68H48N2O/c1-67(2)57-33-17-15-30-52(57)53-40-38-51(44-60(53)67)70(61-36-20-35-59-65(61)55-31-16-18-34-58(55)68(59,46-22-7-3-8-23-46)47-24-9-4-10-25-47)62-41-37-45-21-19-32-54-56-43-50(39-42-63(56)71-66(62)64(45)54)69(48-26-11-5-12-27-48)49-28-13-6-14-29-49/h3-44H,1-2H3. The SMILES string of the molecule is CC1(C)c2ccccc2-c2ccc(N(c3cccc4c3-c3ccccc3C4(c3ccccc3)c3ccccc3)c3ccc4cccc5c4c3Oc3ccc(N(c4ccccc4)c4ccccc4)cc3-5)cc21. The molecule has 14 rings (SSSR count). The average Bonchev–Trinajstić information content (AvgIpc) is 3.87. The van der Waals surface area contributed by atoms with E-state index in [0.717, 1.165) is 67.5 Å². The number of hydrogen-bond acceptors (Lipinski definition) is 3. The van der Waals surface area contributed by atoms with Crippen molar-refractivity contribution in [3.05, 3.63) is 288 Å². The fraction of sp³-hybridized carbons (Fsp3) is 0.0588. The van der Waals surface area contributed by atoms with E-state index in [2.05, 4.69) is 278 Å². The van der Waals surface area contributed by atoms with Gasteiger partial charge in [0.15, 0.2) is 5.75 Å². The van der Waals surface area contributed by atoms with Gasteiger partial charge < -0.3 is 14.5 Å². The Balaban J connectivity index is 1.03. The lowest BCUT2D eigenvalue weighted by Crippen LogP contribution is -2.28. The predicted molar refractivity (Wildman–Crippen MR) is 294 cm³/mol. The van der Waals surface area contributed by atoms with E-state index in [4.69, 9.17) is 4.74 Å². The van der Waals surface area contributed by atoms with Crippen molar-refractivity contribution in [2.24, 2.45) is 0 Å². The van der Waals surface area contributed by atoms with E-state index in [0.29, 0.717) is 0 Å². The molecule has 2 aliphatic carbocycles. The second-order valence-electron chi connectivity index (χ2n) is 19.6. The smallest absolute Gasteiger partial charge is 0.159 e. The predicted octanol–water partition coefficient (Wildman–Crippen LogP) is 18.2. The molecule has 71 heavy (non-hydrogen) atoms. The molecule has 0 fully saturated rings. The summed E-state index contributed by atoms with van der Waals surface area (Å²) < 4.78 is 7.44. The van der Waals surface area contributed by atoms with Crippen LogP contribution in [0, 0.1) is 0 Å². The molecular weight excluding hydrogens is 861 g/mol. The molecule has 336 valence electrons. The Morgan fingerprint density at radius 1 is 0.338 bits per heavy atom. The molecule has 0 amide bonds. The number of nitrogens with zero attached hydrogens (tertiary/aromatic N) is 2. The van der Waals surface area contributed by atoms with Crippen LogP contribution in [-0.4, -0.2) is 0 Å². The Morgan fingerprint density at radius 3 is 1.59 bits per heavy atom. The minimum atomic E-state index is -0.566. The highest BCUT2D eigenvalue weighted by atomic mass is 16.5. The molecule has 0 N–H and O–H groups in total. The normalized spacial score (nSPS) is 13.8. The molecule has 0 spiro atoms. The van der Waals surface area contributed by atoms with E-state index in [1.54, 1.807) is 0 Å². The summed E-state index contributed by atoms with van der Waals surface area (Å²) in [5.41, 5.74) is 20.5. The summed E-state index contributed by atoms with van der Waals surface area (Å²) in [6, 6.07) is 93.3. The summed E-state index contributed by atoms with van der Waals surface area (Å²) in [4.78, 5) is 4.82. The third-order valence-electron chi connectivity index (χ3n) is 15.5. The zero-order valence-electron chi connectivity index (χ0n) is 39.6. The zero-order chi connectivity index (χ0) is 47.3. The highest BCUT2D eigenvalue weighted by Crippen LogP contribution is 2.62. The molecule has 1 aliphatic heterocycles. The van der Waals surface area contributed by atoms with Gasteiger partial charge >= 0.3 is 0 Å². The molecule has 3 heteroatoms. The molecule has 1 heterocycles. The van der Waals surface area contributed by atoms with Gasteiger partial charge in [-0.2, -0.15) is 0 Å². The van der Waals surface area contributed by atoms with Gasteiger partial charge in [0.25, 0.3) is 0 Å². The van der Waals surface area contributed by atoms with Crippen molar-refractivity contribution in [3.8, 4) is 44.9 Å². The van der Waals surface area contributed by atoms with Crippen LogP contribution in [0.25, 0.3) is 44.2 Å². The van der Waals surface area contributed by atoms with E-state index in [1.165, 1.54) is 55.6 Å². The molecule has 0 saturated heterocycles. The van der Waals surface area contributed by atoms with Crippen molar-refractivity contribution >= 4 is 44.9 Å². The van der Waals surface area contributed by atoms with Crippen molar-refractivity contribution in [2.45, 2.75) is 24.7 Å². The van der Waals surface area contributed by atoms with Crippen LogP contribution in [0.3, 0.4) is 0 Å². The minimum Gasteiger partial charge on any atom is -0.454 e. The fourth-order valence-electron chi connectivity index (χ4n) is 12.4. The van der Waals surface area contributed by atoms with Crippen LogP contribution in [-0.2, 0) is 10.8 Å². The van der Waals surface area contributed by atoms with Gasteiger partial charge in [0.2, 0.25) is 0 Å². The summed E-state index contributed by atoms with van der Waals surface area (Å²) in [6.45, 7) is 4.74. The van der Waals surface area contributed by atoms with Crippen LogP contribution in [0.5, 0.6) is 11.5 Å². The zero-order valence-corrected chi connectivity index (χ0v) is 39.6. The Kier molecular flexibility index (Phi) is 9.15. The van der Waals surface area contributed by atoms with Gasteiger partial charge in [-0.3, -0.25) is 0 Å². The van der Waals surface area contributed by atoms with Crippen molar-refractivity contribution in [3.63, 3.8) is 0 Å². The molecule has 0 aromatic heterocycles. The Hall–Kier alpha value is -8.92. The lowest BCUT2D eigenvalue weighted by Gasteiger charge is -2.35. The van der Waals surface area contributed by atoms with Crippen LogP contribution in [0.2, 0.25) is 0 Å². The van der Waals surface area contributed by atoms with E-state index >= 15 is 0 Å². The van der Waals surface area contributed by atoms with Crippen molar-refractivity contribution in [1.82, 2.24) is 0 Å². The number of rotatable bonds is 8. The first kappa shape index (κ1) is 41.1.